The summed E-state index contributed by atoms with van der Waals surface area (Å²) in [7, 11) is -1.75. The SMILES string of the molecule is Cc1cc(-c2cc(-c3nccc4c(C)c([Si](CC(C)C)(CC(C)C)CC(C)C)sc34)cc3ccccc23)cc(C)n1. The highest BCUT2D eigenvalue weighted by Crippen LogP contribution is 2.41. The van der Waals surface area contributed by atoms with Crippen molar-refractivity contribution >= 4 is 44.8 Å². The van der Waals surface area contributed by atoms with Gasteiger partial charge in [-0.3, -0.25) is 9.97 Å². The van der Waals surface area contributed by atoms with Crippen LogP contribution in [0.5, 0.6) is 0 Å². The highest BCUT2D eigenvalue weighted by molar-refractivity contribution is 7.32. The van der Waals surface area contributed by atoms with E-state index < -0.39 is 8.07 Å². The van der Waals surface area contributed by atoms with Crippen LogP contribution in [0.15, 0.2) is 60.8 Å². The average Bonchev–Trinajstić information content (AvgIpc) is 3.23. The first-order valence-electron chi connectivity index (χ1n) is 15.3. The van der Waals surface area contributed by atoms with E-state index in [0.717, 1.165) is 17.1 Å². The number of nitrogens with zero attached hydrogens (tertiary/aromatic N) is 2. The second-order valence-electron chi connectivity index (χ2n) is 13.6. The van der Waals surface area contributed by atoms with Gasteiger partial charge in [-0.2, -0.15) is 0 Å². The highest BCUT2D eigenvalue weighted by Gasteiger charge is 2.40. The van der Waals surface area contributed by atoms with Gasteiger partial charge in [-0.05, 0) is 106 Å². The molecule has 5 aromatic rings. The largest absolute Gasteiger partial charge is 0.258 e. The number of fused-ring (bicyclic) bond motifs is 2. The van der Waals surface area contributed by atoms with E-state index in [4.69, 9.17) is 4.98 Å². The zero-order valence-corrected chi connectivity index (χ0v) is 28.2. The summed E-state index contributed by atoms with van der Waals surface area (Å²) >= 11 is 2.08. The summed E-state index contributed by atoms with van der Waals surface area (Å²) in [4.78, 5) is 9.74. The molecule has 2 nitrogen and oxygen atoms in total. The molecule has 2 aromatic carbocycles. The van der Waals surface area contributed by atoms with Crippen LogP contribution in [0.2, 0.25) is 18.1 Å². The molecule has 214 valence electrons. The first-order valence-corrected chi connectivity index (χ1v) is 18.8. The van der Waals surface area contributed by atoms with Crippen molar-refractivity contribution in [1.29, 1.82) is 0 Å². The van der Waals surface area contributed by atoms with Gasteiger partial charge in [0, 0.05) is 23.1 Å². The van der Waals surface area contributed by atoms with Crippen LogP contribution in [0.25, 0.3) is 43.2 Å². The molecule has 5 rings (SSSR count). The summed E-state index contributed by atoms with van der Waals surface area (Å²) in [5, 5.41) is 3.92. The Bertz CT molecular complexity index is 1650. The predicted octanol–water partition coefficient (Wildman–Crippen LogP) is 10.7. The third-order valence-corrected chi connectivity index (χ3v) is 17.1. The minimum atomic E-state index is -1.75. The van der Waals surface area contributed by atoms with Gasteiger partial charge in [-0.15, -0.1) is 11.3 Å². The topological polar surface area (TPSA) is 25.8 Å². The van der Waals surface area contributed by atoms with Crippen LogP contribution in [0, 0.1) is 38.5 Å². The Kier molecular flexibility index (Phi) is 8.55. The fourth-order valence-corrected chi connectivity index (χ4v) is 17.1. The third-order valence-electron chi connectivity index (χ3n) is 8.26. The molecule has 0 N–H and O–H groups in total. The molecular weight excluding hydrogens is 533 g/mol. The molecule has 41 heavy (non-hydrogen) atoms. The molecule has 0 aliphatic heterocycles. The molecule has 0 aliphatic rings. The Morgan fingerprint density at radius 1 is 0.707 bits per heavy atom. The van der Waals surface area contributed by atoms with Crippen LogP contribution in [-0.2, 0) is 0 Å². The molecule has 4 heteroatoms. The maximum absolute atomic E-state index is 5.09. The summed E-state index contributed by atoms with van der Waals surface area (Å²) in [5.41, 5.74) is 8.42. The lowest BCUT2D eigenvalue weighted by Gasteiger charge is -2.36. The molecule has 0 saturated heterocycles. The van der Waals surface area contributed by atoms with Gasteiger partial charge in [-0.1, -0.05) is 83.9 Å². The number of thiophene rings is 1. The van der Waals surface area contributed by atoms with E-state index in [1.54, 1.807) is 4.50 Å². The number of aromatic nitrogens is 2. The van der Waals surface area contributed by atoms with E-state index in [1.165, 1.54) is 61.2 Å². The third kappa shape index (κ3) is 6.05. The minimum Gasteiger partial charge on any atom is -0.258 e. The van der Waals surface area contributed by atoms with Crippen molar-refractivity contribution in [2.75, 3.05) is 0 Å². The number of hydrogen-bond acceptors (Lipinski definition) is 3. The molecule has 0 unspecified atom stereocenters. The van der Waals surface area contributed by atoms with Crippen LogP contribution < -0.4 is 4.50 Å². The molecule has 0 atom stereocenters. The van der Waals surface area contributed by atoms with Crippen molar-refractivity contribution < 1.29 is 0 Å². The zero-order valence-electron chi connectivity index (χ0n) is 26.4. The Labute approximate surface area is 252 Å². The van der Waals surface area contributed by atoms with Crippen molar-refractivity contribution in [3.63, 3.8) is 0 Å². The lowest BCUT2D eigenvalue weighted by Crippen LogP contribution is -2.50. The minimum absolute atomic E-state index is 0.705. The van der Waals surface area contributed by atoms with Crippen LogP contribution in [0.3, 0.4) is 0 Å². The van der Waals surface area contributed by atoms with Gasteiger partial charge in [0.2, 0.25) is 0 Å². The molecule has 3 aromatic heterocycles. The van der Waals surface area contributed by atoms with E-state index in [0.29, 0.717) is 17.8 Å². The van der Waals surface area contributed by atoms with Crippen LogP contribution in [-0.4, -0.2) is 18.0 Å². The number of pyridine rings is 2. The molecule has 0 bridgehead atoms. The van der Waals surface area contributed by atoms with Gasteiger partial charge in [0.25, 0.3) is 0 Å². The fourth-order valence-electron chi connectivity index (χ4n) is 7.41. The van der Waals surface area contributed by atoms with Gasteiger partial charge in [0.1, 0.15) is 8.07 Å². The Morgan fingerprint density at radius 2 is 1.32 bits per heavy atom. The van der Waals surface area contributed by atoms with E-state index >= 15 is 0 Å². The molecule has 0 radical (unpaired) electrons. The second kappa shape index (κ2) is 11.8. The maximum Gasteiger partial charge on any atom is 0.101 e. The summed E-state index contributed by atoms with van der Waals surface area (Å²) in [6.45, 7) is 21.1. The van der Waals surface area contributed by atoms with E-state index in [9.17, 15) is 0 Å². The van der Waals surface area contributed by atoms with Crippen LogP contribution in [0.4, 0.5) is 0 Å². The number of hydrogen-bond donors (Lipinski definition) is 0. The monoisotopic (exact) mass is 578 g/mol. The molecule has 0 fully saturated rings. The number of benzene rings is 2. The fraction of sp³-hybridized carbons (Fsp3) is 0.405. The maximum atomic E-state index is 5.09. The van der Waals surface area contributed by atoms with Gasteiger partial charge in [0.15, 0.2) is 0 Å². The standard InChI is InChI=1S/C37H46N2SSi/c1-23(2)20-41(21-24(3)4,22-25(5)6)37-28(9)32-14-15-38-35(36(32)40-37)31-18-29-12-10-11-13-33(29)34(19-31)30-16-26(7)39-27(8)17-30/h10-19,23-25H,20-22H2,1-9H3. The molecule has 0 amide bonds. The molecule has 0 aliphatic carbocycles. The molecule has 0 saturated carbocycles. The average molecular weight is 579 g/mol. The lowest BCUT2D eigenvalue weighted by atomic mass is 9.94. The first-order chi connectivity index (χ1) is 19.5. The highest BCUT2D eigenvalue weighted by atomic mass is 32.1. The van der Waals surface area contributed by atoms with Gasteiger partial charge < -0.3 is 0 Å². The van der Waals surface area contributed by atoms with Crippen molar-refractivity contribution in [3.05, 3.63) is 77.7 Å². The van der Waals surface area contributed by atoms with E-state index in [2.05, 4.69) is 133 Å². The summed E-state index contributed by atoms with van der Waals surface area (Å²) in [5.74, 6) is 2.12. The van der Waals surface area contributed by atoms with Crippen molar-refractivity contribution in [2.45, 2.75) is 80.4 Å². The Hall–Kier alpha value is -2.82. The Morgan fingerprint density at radius 3 is 1.93 bits per heavy atom. The van der Waals surface area contributed by atoms with Crippen LogP contribution >= 0.6 is 11.3 Å². The van der Waals surface area contributed by atoms with Crippen molar-refractivity contribution in [2.24, 2.45) is 17.8 Å². The van der Waals surface area contributed by atoms with Crippen molar-refractivity contribution in [1.82, 2.24) is 9.97 Å². The number of rotatable bonds is 9. The smallest absolute Gasteiger partial charge is 0.101 e. The number of aryl methyl sites for hydroxylation is 3. The summed E-state index contributed by atoms with van der Waals surface area (Å²) < 4.78 is 3.08. The normalized spacial score (nSPS) is 12.5. The molecular formula is C37H46N2SSi. The zero-order chi connectivity index (χ0) is 29.5. The van der Waals surface area contributed by atoms with Gasteiger partial charge in [0.05, 0.1) is 10.4 Å². The summed E-state index contributed by atoms with van der Waals surface area (Å²) in [6.07, 6.45) is 2.04. The lowest BCUT2D eigenvalue weighted by molar-refractivity contribution is 0.650. The van der Waals surface area contributed by atoms with Gasteiger partial charge in [-0.25, -0.2) is 0 Å². The predicted molar refractivity (Wildman–Crippen MR) is 184 cm³/mol. The first kappa shape index (κ1) is 29.7. The summed E-state index contributed by atoms with van der Waals surface area (Å²) in [6, 6.07) is 24.3. The van der Waals surface area contributed by atoms with E-state index in [-0.39, 0.29) is 0 Å². The van der Waals surface area contributed by atoms with Crippen molar-refractivity contribution in [3.8, 4) is 22.4 Å². The Balaban J connectivity index is 1.77. The molecule has 0 spiro atoms. The quantitative estimate of drug-likeness (QED) is 0.163. The molecule has 3 heterocycles. The van der Waals surface area contributed by atoms with Crippen LogP contribution in [0.1, 0.15) is 58.5 Å². The second-order valence-corrected chi connectivity index (χ2v) is 19.2. The van der Waals surface area contributed by atoms with Gasteiger partial charge >= 0.3 is 0 Å². The van der Waals surface area contributed by atoms with E-state index in [1.807, 2.05) is 6.20 Å².